The lowest BCUT2D eigenvalue weighted by molar-refractivity contribution is 0.563. The van der Waals surface area contributed by atoms with Gasteiger partial charge in [-0.3, -0.25) is 0 Å². The van der Waals surface area contributed by atoms with E-state index < -0.39 is 0 Å². The molecule has 0 fully saturated rings. The smallest absolute Gasteiger partial charge is 0.234 e. The predicted octanol–water partition coefficient (Wildman–Crippen LogP) is 0.662. The van der Waals surface area contributed by atoms with Gasteiger partial charge in [-0.15, -0.1) is 0 Å². The van der Waals surface area contributed by atoms with E-state index in [9.17, 15) is 4.79 Å². The van der Waals surface area contributed by atoms with Gasteiger partial charge in [0.25, 0.3) is 0 Å². The Morgan fingerprint density at radius 1 is 1.40 bits per heavy atom. The van der Waals surface area contributed by atoms with Crippen molar-refractivity contribution in [1.29, 1.82) is 0 Å². The molecule has 0 saturated carbocycles. The number of hydrogen-bond donors (Lipinski definition) is 1. The van der Waals surface area contributed by atoms with Crippen LogP contribution in [0.15, 0.2) is 4.99 Å². The summed E-state index contributed by atoms with van der Waals surface area (Å²) >= 11 is 0. The molecule has 0 saturated heterocycles. The van der Waals surface area contributed by atoms with Crippen LogP contribution in [0, 0.1) is 0 Å². The lowest BCUT2D eigenvalue weighted by atomic mass is 10.8. The summed E-state index contributed by atoms with van der Waals surface area (Å²) in [7, 11) is 3.39. The highest BCUT2D eigenvalue weighted by Gasteiger charge is 1.86. The Balaban J connectivity index is 2.83. The molecule has 0 aliphatic heterocycles. The standard InChI is InChI=1S/C5H10N2OS2/c6-1-3-9-10-4-2-7-5-8/h1-4,6H2. The number of hydrogen-bond acceptors (Lipinski definition) is 5. The van der Waals surface area contributed by atoms with Gasteiger partial charge < -0.3 is 5.73 Å². The summed E-state index contributed by atoms with van der Waals surface area (Å²) in [4.78, 5) is 13.0. The van der Waals surface area contributed by atoms with Gasteiger partial charge in [0.15, 0.2) is 0 Å². The van der Waals surface area contributed by atoms with Crippen LogP contribution in [0.5, 0.6) is 0 Å². The fourth-order valence-corrected chi connectivity index (χ4v) is 2.01. The molecule has 0 amide bonds. The Hall–Kier alpha value is 0.0400. The average Bonchev–Trinajstić information content (AvgIpc) is 1.97. The van der Waals surface area contributed by atoms with Gasteiger partial charge in [-0.1, -0.05) is 21.6 Å². The Kier molecular flexibility index (Phi) is 9.08. The quantitative estimate of drug-likeness (QED) is 0.281. The van der Waals surface area contributed by atoms with Gasteiger partial charge in [0, 0.05) is 18.1 Å². The molecule has 0 aromatic rings. The first kappa shape index (κ1) is 10.0. The minimum absolute atomic E-state index is 0.561. The van der Waals surface area contributed by atoms with E-state index in [1.165, 1.54) is 6.08 Å². The maximum Gasteiger partial charge on any atom is 0.234 e. The van der Waals surface area contributed by atoms with Crippen molar-refractivity contribution >= 4 is 27.7 Å². The molecule has 0 unspecified atom stereocenters. The zero-order valence-electron chi connectivity index (χ0n) is 5.58. The van der Waals surface area contributed by atoms with E-state index in [0.717, 1.165) is 11.5 Å². The highest BCUT2D eigenvalue weighted by atomic mass is 33.1. The minimum atomic E-state index is 0.561. The molecule has 58 valence electrons. The lowest BCUT2D eigenvalue weighted by Gasteiger charge is -1.93. The van der Waals surface area contributed by atoms with Gasteiger partial charge in [0.1, 0.15) is 0 Å². The number of isocyanates is 1. The molecule has 0 atom stereocenters. The molecule has 10 heavy (non-hydrogen) atoms. The normalized spacial score (nSPS) is 8.90. The lowest BCUT2D eigenvalue weighted by Crippen LogP contribution is -2.00. The molecule has 0 heterocycles. The molecule has 0 aliphatic carbocycles. The van der Waals surface area contributed by atoms with Gasteiger partial charge in [0.05, 0.1) is 6.54 Å². The van der Waals surface area contributed by atoms with Crippen LogP contribution < -0.4 is 5.73 Å². The average molecular weight is 178 g/mol. The van der Waals surface area contributed by atoms with Crippen LogP contribution in [0.2, 0.25) is 0 Å². The third-order valence-electron chi connectivity index (χ3n) is 0.635. The number of carbonyl (C=O) groups excluding carboxylic acids is 1. The zero-order chi connectivity index (χ0) is 7.66. The van der Waals surface area contributed by atoms with Crippen molar-refractivity contribution in [3.63, 3.8) is 0 Å². The first-order chi connectivity index (χ1) is 4.91. The SMILES string of the molecule is NCCSSCCN=C=O. The third-order valence-corrected chi connectivity index (χ3v) is 3.05. The van der Waals surface area contributed by atoms with E-state index >= 15 is 0 Å². The number of nitrogens with two attached hydrogens (primary N) is 1. The Morgan fingerprint density at radius 3 is 2.70 bits per heavy atom. The topological polar surface area (TPSA) is 55.4 Å². The molecule has 0 aromatic heterocycles. The Morgan fingerprint density at radius 2 is 2.10 bits per heavy atom. The molecule has 5 heteroatoms. The van der Waals surface area contributed by atoms with Crippen LogP contribution in [0.25, 0.3) is 0 Å². The summed E-state index contributed by atoms with van der Waals surface area (Å²) in [5, 5.41) is 0. The molecule has 0 bridgehead atoms. The second kappa shape index (κ2) is 9.04. The maximum atomic E-state index is 9.57. The van der Waals surface area contributed by atoms with E-state index in [1.54, 1.807) is 21.6 Å². The van der Waals surface area contributed by atoms with Crippen LogP contribution >= 0.6 is 21.6 Å². The highest BCUT2D eigenvalue weighted by molar-refractivity contribution is 8.76. The van der Waals surface area contributed by atoms with E-state index in [2.05, 4.69) is 4.99 Å². The molecule has 0 rings (SSSR count). The summed E-state index contributed by atoms with van der Waals surface area (Å²) in [6, 6.07) is 0. The fourth-order valence-electron chi connectivity index (χ4n) is 0.295. The zero-order valence-corrected chi connectivity index (χ0v) is 7.21. The Bertz CT molecular complexity index is 114. The molecule has 0 aromatic carbocycles. The van der Waals surface area contributed by atoms with Crippen molar-refractivity contribution in [3.8, 4) is 0 Å². The molecular formula is C5H10N2OS2. The first-order valence-corrected chi connectivity index (χ1v) is 5.38. The number of rotatable bonds is 6. The summed E-state index contributed by atoms with van der Waals surface area (Å²) in [5.74, 6) is 1.81. The van der Waals surface area contributed by atoms with Crippen molar-refractivity contribution < 1.29 is 4.79 Å². The van der Waals surface area contributed by atoms with E-state index in [-0.39, 0.29) is 0 Å². The molecule has 0 spiro atoms. The van der Waals surface area contributed by atoms with Gasteiger partial charge in [0.2, 0.25) is 6.08 Å². The van der Waals surface area contributed by atoms with Crippen molar-refractivity contribution in [2.24, 2.45) is 10.7 Å². The monoisotopic (exact) mass is 178 g/mol. The summed E-state index contributed by atoms with van der Waals surface area (Å²) in [6.07, 6.45) is 1.49. The predicted molar refractivity (Wildman–Crippen MR) is 47.0 cm³/mol. The van der Waals surface area contributed by atoms with Gasteiger partial charge in [-0.05, 0) is 0 Å². The molecular weight excluding hydrogens is 168 g/mol. The summed E-state index contributed by atoms with van der Waals surface area (Å²) in [6.45, 7) is 1.26. The van der Waals surface area contributed by atoms with Gasteiger partial charge in [-0.25, -0.2) is 9.79 Å². The summed E-state index contributed by atoms with van der Waals surface area (Å²) in [5.41, 5.74) is 5.25. The number of nitrogens with zero attached hydrogens (tertiary/aromatic N) is 1. The second-order valence-corrected chi connectivity index (χ2v) is 4.11. The van der Waals surface area contributed by atoms with Crippen molar-refractivity contribution in [2.45, 2.75) is 0 Å². The van der Waals surface area contributed by atoms with Crippen LogP contribution in [0.3, 0.4) is 0 Å². The largest absolute Gasteiger partial charge is 0.330 e. The van der Waals surface area contributed by atoms with Crippen molar-refractivity contribution in [3.05, 3.63) is 0 Å². The maximum absolute atomic E-state index is 9.57. The molecule has 0 radical (unpaired) electrons. The van der Waals surface area contributed by atoms with Gasteiger partial charge in [-0.2, -0.15) is 0 Å². The number of aliphatic imine (C=N–C) groups is 1. The molecule has 2 N–H and O–H groups in total. The highest BCUT2D eigenvalue weighted by Crippen LogP contribution is 2.19. The summed E-state index contributed by atoms with van der Waals surface area (Å²) < 4.78 is 0. The molecule has 3 nitrogen and oxygen atoms in total. The fraction of sp³-hybridized carbons (Fsp3) is 0.800. The van der Waals surface area contributed by atoms with E-state index in [4.69, 9.17) is 5.73 Å². The third kappa shape index (κ3) is 8.04. The minimum Gasteiger partial charge on any atom is -0.330 e. The Labute approximate surface area is 68.2 Å². The van der Waals surface area contributed by atoms with Crippen LogP contribution in [-0.4, -0.2) is 30.7 Å². The first-order valence-electron chi connectivity index (χ1n) is 2.90. The van der Waals surface area contributed by atoms with Crippen LogP contribution in [-0.2, 0) is 4.79 Å². The van der Waals surface area contributed by atoms with Crippen molar-refractivity contribution in [1.82, 2.24) is 0 Å². The van der Waals surface area contributed by atoms with Crippen LogP contribution in [0.1, 0.15) is 0 Å². The van der Waals surface area contributed by atoms with Gasteiger partial charge >= 0.3 is 0 Å². The molecule has 0 aliphatic rings. The van der Waals surface area contributed by atoms with E-state index in [0.29, 0.717) is 13.1 Å². The second-order valence-electron chi connectivity index (χ2n) is 1.41. The van der Waals surface area contributed by atoms with Crippen molar-refractivity contribution in [2.75, 3.05) is 24.6 Å². The van der Waals surface area contributed by atoms with Crippen LogP contribution in [0.4, 0.5) is 0 Å². The van der Waals surface area contributed by atoms with E-state index in [1.807, 2.05) is 0 Å².